The molecule has 4 aromatic rings. The molecule has 4 rings (SSSR count). The third-order valence-electron chi connectivity index (χ3n) is 5.72. The highest BCUT2D eigenvalue weighted by molar-refractivity contribution is 8.76. The van der Waals surface area contributed by atoms with E-state index in [9.17, 15) is 0 Å². The van der Waals surface area contributed by atoms with Crippen LogP contribution in [-0.2, 0) is 6.42 Å². The second-order valence-corrected chi connectivity index (χ2v) is 10.7. The molecule has 0 saturated heterocycles. The second-order valence-electron chi connectivity index (χ2n) is 8.42. The van der Waals surface area contributed by atoms with E-state index < -0.39 is 0 Å². The van der Waals surface area contributed by atoms with E-state index in [1.54, 1.807) is 0 Å². The minimum Gasteiger partial charge on any atom is -0.315 e. The SMILES string of the molecule is C/C(=C\C=C(/C)N(c1ccccc1)c1ccccc1)CCc1ccccc1SSc1ccccc1. The Labute approximate surface area is 218 Å². The lowest BCUT2D eigenvalue weighted by atomic mass is 10.1. The number of aryl methyl sites for hydroxylation is 1. The van der Waals surface area contributed by atoms with E-state index >= 15 is 0 Å². The van der Waals surface area contributed by atoms with E-state index in [1.165, 1.54) is 38.0 Å². The molecule has 0 aromatic heterocycles. The van der Waals surface area contributed by atoms with Crippen molar-refractivity contribution in [2.24, 2.45) is 0 Å². The predicted molar refractivity (Wildman–Crippen MR) is 155 cm³/mol. The molecule has 0 radical (unpaired) electrons. The molecule has 0 saturated carbocycles. The van der Waals surface area contributed by atoms with Gasteiger partial charge in [0.1, 0.15) is 0 Å². The number of hydrogen-bond donors (Lipinski definition) is 0. The van der Waals surface area contributed by atoms with E-state index in [1.807, 2.05) is 21.6 Å². The third-order valence-corrected chi connectivity index (χ3v) is 8.21. The lowest BCUT2D eigenvalue weighted by molar-refractivity contribution is 0.919. The Kier molecular flexibility index (Phi) is 9.33. The zero-order valence-corrected chi connectivity index (χ0v) is 21.9. The Hall–Kier alpha value is -3.14. The number of para-hydroxylation sites is 2. The molecule has 1 nitrogen and oxygen atoms in total. The molecule has 176 valence electrons. The normalized spacial score (nSPS) is 11.9. The molecule has 4 aromatic carbocycles. The first-order chi connectivity index (χ1) is 17.2. The maximum Gasteiger partial charge on any atom is 0.0458 e. The van der Waals surface area contributed by atoms with Crippen LogP contribution in [0.25, 0.3) is 0 Å². The minimum atomic E-state index is 1.04. The molecule has 0 N–H and O–H groups in total. The number of benzene rings is 4. The van der Waals surface area contributed by atoms with Crippen LogP contribution < -0.4 is 4.90 Å². The first-order valence-electron chi connectivity index (χ1n) is 11.9. The van der Waals surface area contributed by atoms with Crippen LogP contribution >= 0.6 is 21.6 Å². The number of hydrogen-bond acceptors (Lipinski definition) is 3. The van der Waals surface area contributed by atoms with Gasteiger partial charge in [-0.2, -0.15) is 0 Å². The lowest BCUT2D eigenvalue weighted by Gasteiger charge is -2.25. The van der Waals surface area contributed by atoms with Gasteiger partial charge in [0, 0.05) is 26.9 Å². The molecule has 0 aliphatic heterocycles. The lowest BCUT2D eigenvalue weighted by Crippen LogP contribution is -2.14. The molecule has 0 aliphatic carbocycles. The van der Waals surface area contributed by atoms with E-state index in [0.717, 1.165) is 12.8 Å². The standard InChI is InChI=1S/C32H31NS2/c1-26(23-25-28-14-12-13-21-32(28)35-34-31-19-10-5-11-20-31)22-24-27(2)33(29-15-6-3-7-16-29)30-17-8-4-9-18-30/h3-22,24H,23,25H2,1-2H3/b26-22+,27-24+. The first kappa shape index (κ1) is 25.0. The number of nitrogens with zero attached hydrogens (tertiary/aromatic N) is 1. The summed E-state index contributed by atoms with van der Waals surface area (Å²) in [5, 5.41) is 0. The van der Waals surface area contributed by atoms with Gasteiger partial charge in [-0.25, -0.2) is 0 Å². The summed E-state index contributed by atoms with van der Waals surface area (Å²) in [5.74, 6) is 0. The second kappa shape index (κ2) is 13.1. The van der Waals surface area contributed by atoms with Crippen LogP contribution in [0, 0.1) is 0 Å². The summed E-state index contributed by atoms with van der Waals surface area (Å²) >= 11 is 0. The van der Waals surface area contributed by atoms with E-state index in [2.05, 4.69) is 146 Å². The summed E-state index contributed by atoms with van der Waals surface area (Å²) in [4.78, 5) is 4.93. The highest BCUT2D eigenvalue weighted by Gasteiger charge is 2.10. The molecule has 0 fully saturated rings. The van der Waals surface area contributed by atoms with Crippen molar-refractivity contribution < 1.29 is 0 Å². The van der Waals surface area contributed by atoms with E-state index in [0.29, 0.717) is 0 Å². The molecule has 0 aliphatic rings. The molecule has 0 spiro atoms. The highest BCUT2D eigenvalue weighted by Crippen LogP contribution is 2.39. The van der Waals surface area contributed by atoms with Gasteiger partial charge < -0.3 is 4.90 Å². The summed E-state index contributed by atoms with van der Waals surface area (Å²) in [6.45, 7) is 4.41. The molecular weight excluding hydrogens is 462 g/mol. The van der Waals surface area contributed by atoms with Crippen molar-refractivity contribution in [3.63, 3.8) is 0 Å². The smallest absolute Gasteiger partial charge is 0.0458 e. The summed E-state index contributed by atoms with van der Waals surface area (Å²) < 4.78 is 0. The van der Waals surface area contributed by atoms with Crippen LogP contribution in [0.1, 0.15) is 25.8 Å². The van der Waals surface area contributed by atoms with Gasteiger partial charge in [-0.1, -0.05) is 106 Å². The Bertz CT molecular complexity index is 1210. The molecule has 3 heteroatoms. The zero-order chi connectivity index (χ0) is 24.3. The Balaban J connectivity index is 1.44. The quantitative estimate of drug-likeness (QED) is 0.160. The molecular formula is C32H31NS2. The predicted octanol–water partition coefficient (Wildman–Crippen LogP) is 10.1. The van der Waals surface area contributed by atoms with Crippen molar-refractivity contribution in [3.05, 3.63) is 144 Å². The van der Waals surface area contributed by atoms with Gasteiger partial charge in [-0.15, -0.1) is 0 Å². The largest absolute Gasteiger partial charge is 0.315 e. The highest BCUT2D eigenvalue weighted by atomic mass is 33.1. The summed E-state index contributed by atoms with van der Waals surface area (Å²) in [6.07, 6.45) is 6.58. The van der Waals surface area contributed by atoms with Crippen molar-refractivity contribution in [1.82, 2.24) is 0 Å². The van der Waals surface area contributed by atoms with Gasteiger partial charge in [-0.05, 0) is 80.8 Å². The van der Waals surface area contributed by atoms with Crippen LogP contribution in [0.3, 0.4) is 0 Å². The van der Waals surface area contributed by atoms with Crippen molar-refractivity contribution in [2.75, 3.05) is 4.90 Å². The van der Waals surface area contributed by atoms with Gasteiger partial charge in [0.25, 0.3) is 0 Å². The van der Waals surface area contributed by atoms with Crippen LogP contribution in [0.15, 0.2) is 148 Å². The van der Waals surface area contributed by atoms with Gasteiger partial charge in [0.15, 0.2) is 0 Å². The maximum absolute atomic E-state index is 2.30. The summed E-state index contributed by atoms with van der Waals surface area (Å²) in [5.41, 5.74) is 6.31. The fraction of sp³-hybridized carbons (Fsp3) is 0.125. The third kappa shape index (κ3) is 7.42. The van der Waals surface area contributed by atoms with E-state index in [4.69, 9.17) is 0 Å². The number of anilines is 2. The molecule has 0 atom stereocenters. The summed E-state index contributed by atoms with van der Waals surface area (Å²) in [6, 6.07) is 40.4. The Morgan fingerprint density at radius 3 is 1.80 bits per heavy atom. The topological polar surface area (TPSA) is 3.24 Å². The van der Waals surface area contributed by atoms with Gasteiger partial charge in [-0.3, -0.25) is 0 Å². The molecule has 0 heterocycles. The van der Waals surface area contributed by atoms with Gasteiger partial charge in [0.2, 0.25) is 0 Å². The minimum absolute atomic E-state index is 1.04. The number of allylic oxidation sites excluding steroid dienone is 4. The van der Waals surface area contributed by atoms with Gasteiger partial charge >= 0.3 is 0 Å². The van der Waals surface area contributed by atoms with Crippen LogP contribution in [0.5, 0.6) is 0 Å². The number of rotatable bonds is 10. The average Bonchev–Trinajstić information content (AvgIpc) is 2.92. The van der Waals surface area contributed by atoms with E-state index in [-0.39, 0.29) is 0 Å². The zero-order valence-electron chi connectivity index (χ0n) is 20.3. The molecule has 0 unspecified atom stereocenters. The van der Waals surface area contributed by atoms with Crippen molar-refractivity contribution in [1.29, 1.82) is 0 Å². The van der Waals surface area contributed by atoms with Crippen LogP contribution in [0.2, 0.25) is 0 Å². The van der Waals surface area contributed by atoms with Crippen molar-refractivity contribution in [2.45, 2.75) is 36.5 Å². The van der Waals surface area contributed by atoms with Crippen LogP contribution in [0.4, 0.5) is 11.4 Å². The molecule has 0 bridgehead atoms. The fourth-order valence-corrected chi connectivity index (χ4v) is 6.07. The van der Waals surface area contributed by atoms with Crippen molar-refractivity contribution in [3.8, 4) is 0 Å². The Morgan fingerprint density at radius 2 is 1.17 bits per heavy atom. The first-order valence-corrected chi connectivity index (χ1v) is 14.1. The average molecular weight is 494 g/mol. The monoisotopic (exact) mass is 493 g/mol. The Morgan fingerprint density at radius 1 is 0.629 bits per heavy atom. The van der Waals surface area contributed by atoms with Crippen LogP contribution in [-0.4, -0.2) is 0 Å². The molecule has 35 heavy (non-hydrogen) atoms. The maximum atomic E-state index is 2.30. The summed E-state index contributed by atoms with van der Waals surface area (Å²) in [7, 11) is 3.67. The van der Waals surface area contributed by atoms with Crippen molar-refractivity contribution >= 4 is 33.0 Å². The fourth-order valence-electron chi connectivity index (χ4n) is 3.82. The van der Waals surface area contributed by atoms with Gasteiger partial charge in [0.05, 0.1) is 0 Å². The molecule has 0 amide bonds.